The van der Waals surface area contributed by atoms with Crippen molar-refractivity contribution in [2.24, 2.45) is 5.92 Å². The molecule has 0 aliphatic carbocycles. The molecule has 1 aliphatic heterocycles. The van der Waals surface area contributed by atoms with Gasteiger partial charge in [-0.1, -0.05) is 25.5 Å². The normalized spacial score (nSPS) is 17.9. The van der Waals surface area contributed by atoms with Gasteiger partial charge in [0, 0.05) is 26.1 Å². The minimum Gasteiger partial charge on any atom is -0.311 e. The quantitative estimate of drug-likeness (QED) is 0.779. The van der Waals surface area contributed by atoms with Crippen LogP contribution in [0.1, 0.15) is 31.7 Å². The minimum absolute atomic E-state index is 0.690. The van der Waals surface area contributed by atoms with E-state index < -0.39 is 0 Å². The van der Waals surface area contributed by atoms with E-state index in [1.54, 1.807) is 0 Å². The summed E-state index contributed by atoms with van der Waals surface area (Å²) in [6.45, 7) is 7.43. The van der Waals surface area contributed by atoms with Crippen molar-refractivity contribution in [3.8, 4) is 0 Å². The van der Waals surface area contributed by atoms with Gasteiger partial charge >= 0.3 is 0 Å². The number of hydrogen-bond acceptors (Lipinski definition) is 3. The van der Waals surface area contributed by atoms with Crippen molar-refractivity contribution in [1.29, 1.82) is 0 Å². The van der Waals surface area contributed by atoms with Crippen LogP contribution in [-0.4, -0.2) is 21.5 Å². The number of hydrogen-bond donors (Lipinski definition) is 1. The second-order valence-corrected chi connectivity index (χ2v) is 4.11. The molecular weight excluding hydrogens is 176 g/mol. The summed E-state index contributed by atoms with van der Waals surface area (Å²) in [4.78, 5) is 0. The first-order valence-electron chi connectivity index (χ1n) is 5.43. The lowest BCUT2D eigenvalue weighted by molar-refractivity contribution is 0.418. The predicted octanol–water partition coefficient (Wildman–Crippen LogP) is 0.970. The molecule has 78 valence electrons. The topological polar surface area (TPSA) is 42.7 Å². The second kappa shape index (κ2) is 4.09. The summed E-state index contributed by atoms with van der Waals surface area (Å²) in [6, 6.07) is 0. The van der Waals surface area contributed by atoms with E-state index in [0.717, 1.165) is 31.7 Å². The lowest BCUT2D eigenvalue weighted by atomic mass is 10.1. The lowest BCUT2D eigenvalue weighted by Crippen LogP contribution is -2.25. The van der Waals surface area contributed by atoms with Gasteiger partial charge in [0.25, 0.3) is 0 Å². The molecule has 1 aromatic rings. The largest absolute Gasteiger partial charge is 0.311 e. The van der Waals surface area contributed by atoms with E-state index in [9.17, 15) is 0 Å². The van der Waals surface area contributed by atoms with Crippen LogP contribution in [0, 0.1) is 5.92 Å². The summed E-state index contributed by atoms with van der Waals surface area (Å²) in [5.41, 5.74) is 2.48. The zero-order chi connectivity index (χ0) is 9.97. The standard InChI is InChI=1S/C10H18N4/c1-3-8(2)7-14-10-4-5-11-6-9(10)12-13-14/h8,11H,3-7H2,1-2H3. The molecule has 1 aromatic heterocycles. The molecule has 14 heavy (non-hydrogen) atoms. The first kappa shape index (κ1) is 9.65. The first-order chi connectivity index (χ1) is 6.81. The highest BCUT2D eigenvalue weighted by Gasteiger charge is 2.16. The Morgan fingerprint density at radius 3 is 3.21 bits per heavy atom. The molecule has 0 spiro atoms. The molecule has 0 bridgehead atoms. The van der Waals surface area contributed by atoms with Gasteiger partial charge in [-0.25, -0.2) is 4.68 Å². The van der Waals surface area contributed by atoms with Crippen LogP contribution in [-0.2, 0) is 19.5 Å². The summed E-state index contributed by atoms with van der Waals surface area (Å²) in [5, 5.41) is 11.7. The third-order valence-electron chi connectivity index (χ3n) is 2.93. The number of nitrogens with zero attached hydrogens (tertiary/aromatic N) is 3. The predicted molar refractivity (Wildman–Crippen MR) is 54.9 cm³/mol. The molecule has 1 N–H and O–H groups in total. The Labute approximate surface area is 84.7 Å². The fourth-order valence-corrected chi connectivity index (χ4v) is 1.76. The maximum atomic E-state index is 4.21. The average molecular weight is 194 g/mol. The SMILES string of the molecule is CCC(C)Cn1nnc2c1CCNC2. The van der Waals surface area contributed by atoms with Crippen LogP contribution in [0.4, 0.5) is 0 Å². The van der Waals surface area contributed by atoms with Crippen LogP contribution in [0.3, 0.4) is 0 Å². The fourth-order valence-electron chi connectivity index (χ4n) is 1.76. The van der Waals surface area contributed by atoms with Gasteiger partial charge < -0.3 is 5.32 Å². The van der Waals surface area contributed by atoms with E-state index in [1.807, 2.05) is 0 Å². The van der Waals surface area contributed by atoms with Crippen molar-refractivity contribution in [1.82, 2.24) is 20.3 Å². The summed E-state index contributed by atoms with van der Waals surface area (Å²) in [5.74, 6) is 0.690. The highest BCUT2D eigenvalue weighted by atomic mass is 15.4. The average Bonchev–Trinajstić information content (AvgIpc) is 2.62. The van der Waals surface area contributed by atoms with Crippen molar-refractivity contribution in [3.05, 3.63) is 11.4 Å². The molecule has 1 unspecified atom stereocenters. The van der Waals surface area contributed by atoms with Crippen LogP contribution in [0.2, 0.25) is 0 Å². The van der Waals surface area contributed by atoms with Crippen molar-refractivity contribution < 1.29 is 0 Å². The molecule has 0 fully saturated rings. The van der Waals surface area contributed by atoms with E-state index >= 15 is 0 Å². The molecule has 0 saturated heterocycles. The highest BCUT2D eigenvalue weighted by Crippen LogP contribution is 2.13. The van der Waals surface area contributed by atoms with E-state index in [1.165, 1.54) is 12.1 Å². The molecule has 4 heteroatoms. The lowest BCUT2D eigenvalue weighted by Gasteiger charge is -2.15. The number of rotatable bonds is 3. The third kappa shape index (κ3) is 1.80. The Hall–Kier alpha value is -0.900. The van der Waals surface area contributed by atoms with Gasteiger partial charge in [0.1, 0.15) is 0 Å². The molecule has 1 atom stereocenters. The Balaban J connectivity index is 2.14. The van der Waals surface area contributed by atoms with Crippen molar-refractivity contribution in [2.75, 3.05) is 6.54 Å². The van der Waals surface area contributed by atoms with Crippen LogP contribution in [0.5, 0.6) is 0 Å². The molecule has 2 heterocycles. The summed E-state index contributed by atoms with van der Waals surface area (Å²) < 4.78 is 2.09. The van der Waals surface area contributed by atoms with Gasteiger partial charge in [0.2, 0.25) is 0 Å². The molecule has 0 amide bonds. The summed E-state index contributed by atoms with van der Waals surface area (Å²) in [7, 11) is 0. The first-order valence-corrected chi connectivity index (χ1v) is 5.43. The Morgan fingerprint density at radius 2 is 2.43 bits per heavy atom. The van der Waals surface area contributed by atoms with Crippen LogP contribution in [0.25, 0.3) is 0 Å². The zero-order valence-electron chi connectivity index (χ0n) is 8.95. The van der Waals surface area contributed by atoms with E-state index in [4.69, 9.17) is 0 Å². The second-order valence-electron chi connectivity index (χ2n) is 4.11. The smallest absolute Gasteiger partial charge is 0.0997 e. The van der Waals surface area contributed by atoms with Crippen molar-refractivity contribution >= 4 is 0 Å². The van der Waals surface area contributed by atoms with Gasteiger partial charge in [0.15, 0.2) is 0 Å². The Kier molecular flexibility index (Phi) is 2.82. The highest BCUT2D eigenvalue weighted by molar-refractivity contribution is 5.13. The van der Waals surface area contributed by atoms with Gasteiger partial charge in [-0.05, 0) is 5.92 Å². The van der Waals surface area contributed by atoms with E-state index in [-0.39, 0.29) is 0 Å². The monoisotopic (exact) mass is 194 g/mol. The van der Waals surface area contributed by atoms with Crippen molar-refractivity contribution in [2.45, 2.75) is 39.8 Å². The molecule has 0 radical (unpaired) electrons. The zero-order valence-corrected chi connectivity index (χ0v) is 8.95. The van der Waals surface area contributed by atoms with Crippen LogP contribution < -0.4 is 5.32 Å². The maximum Gasteiger partial charge on any atom is 0.0997 e. The maximum absolute atomic E-state index is 4.21. The van der Waals surface area contributed by atoms with Crippen LogP contribution in [0.15, 0.2) is 0 Å². The summed E-state index contributed by atoms with van der Waals surface area (Å²) >= 11 is 0. The van der Waals surface area contributed by atoms with Gasteiger partial charge in [-0.3, -0.25) is 0 Å². The fraction of sp³-hybridized carbons (Fsp3) is 0.800. The molecule has 4 nitrogen and oxygen atoms in total. The van der Waals surface area contributed by atoms with Crippen LogP contribution >= 0.6 is 0 Å². The van der Waals surface area contributed by atoms with E-state index in [2.05, 4.69) is 34.2 Å². The Bertz CT molecular complexity index is 305. The molecule has 2 rings (SSSR count). The van der Waals surface area contributed by atoms with Gasteiger partial charge in [-0.2, -0.15) is 0 Å². The number of aromatic nitrogens is 3. The van der Waals surface area contributed by atoms with Gasteiger partial charge in [-0.15, -0.1) is 5.10 Å². The Morgan fingerprint density at radius 1 is 1.57 bits per heavy atom. The number of fused-ring (bicyclic) bond motifs is 1. The van der Waals surface area contributed by atoms with E-state index in [0.29, 0.717) is 5.92 Å². The molecule has 1 aliphatic rings. The molecule has 0 aromatic carbocycles. The van der Waals surface area contributed by atoms with Gasteiger partial charge in [0.05, 0.1) is 11.4 Å². The number of nitrogens with one attached hydrogen (secondary N) is 1. The molecule has 0 saturated carbocycles. The minimum atomic E-state index is 0.690. The third-order valence-corrected chi connectivity index (χ3v) is 2.93. The van der Waals surface area contributed by atoms with Crippen molar-refractivity contribution in [3.63, 3.8) is 0 Å². The molecular formula is C10H18N4. The summed E-state index contributed by atoms with van der Waals surface area (Å²) in [6.07, 6.45) is 2.27.